The molecule has 0 spiro atoms. The Balaban J connectivity index is 1.90. The van der Waals surface area contributed by atoms with Gasteiger partial charge in [0, 0.05) is 13.1 Å². The van der Waals surface area contributed by atoms with Crippen LogP contribution < -0.4 is 0 Å². The summed E-state index contributed by atoms with van der Waals surface area (Å²) in [5.74, 6) is 0.803. The van der Waals surface area contributed by atoms with Crippen molar-refractivity contribution in [3.8, 4) is 0 Å². The summed E-state index contributed by atoms with van der Waals surface area (Å²) >= 11 is 0. The summed E-state index contributed by atoms with van der Waals surface area (Å²) in [5, 5.41) is 0. The van der Waals surface area contributed by atoms with Gasteiger partial charge in [-0.3, -0.25) is 0 Å². The highest BCUT2D eigenvalue weighted by Crippen LogP contribution is 2.25. The maximum absolute atomic E-state index is 12.0. The van der Waals surface area contributed by atoms with E-state index in [9.17, 15) is 8.42 Å². The first-order chi connectivity index (χ1) is 9.32. The summed E-state index contributed by atoms with van der Waals surface area (Å²) in [5.41, 5.74) is 1.36. The molecule has 1 saturated heterocycles. The Bertz CT molecular complexity index is 537. The molecule has 4 heteroatoms. The van der Waals surface area contributed by atoms with E-state index in [0.717, 1.165) is 13.0 Å². The van der Waals surface area contributed by atoms with Crippen molar-refractivity contribution in [1.82, 2.24) is 4.90 Å². The summed E-state index contributed by atoms with van der Waals surface area (Å²) in [4.78, 5) is 2.29. The Kier molecular flexibility index (Phi) is 4.55. The van der Waals surface area contributed by atoms with Gasteiger partial charge >= 0.3 is 0 Å². The highest BCUT2D eigenvalue weighted by Gasteiger charge is 2.39. The first-order valence-electron chi connectivity index (χ1n) is 7.31. The van der Waals surface area contributed by atoms with Crippen LogP contribution in [0, 0.1) is 0 Å². The second-order valence-electron chi connectivity index (χ2n) is 6.46. The van der Waals surface area contributed by atoms with Crippen molar-refractivity contribution in [3.05, 3.63) is 35.9 Å². The van der Waals surface area contributed by atoms with Gasteiger partial charge in [0.05, 0.1) is 10.5 Å². The quantitative estimate of drug-likeness (QED) is 0.857. The first kappa shape index (κ1) is 15.5. The van der Waals surface area contributed by atoms with E-state index in [1.807, 2.05) is 19.9 Å². The van der Waals surface area contributed by atoms with Crippen molar-refractivity contribution in [2.75, 3.05) is 25.4 Å². The normalized spacial score (nSPS) is 23.4. The summed E-state index contributed by atoms with van der Waals surface area (Å²) in [7, 11) is -2.93. The van der Waals surface area contributed by atoms with Crippen LogP contribution in [0.2, 0.25) is 0 Å². The molecule has 0 saturated carbocycles. The van der Waals surface area contributed by atoms with Crippen molar-refractivity contribution in [2.24, 2.45) is 0 Å². The Morgan fingerprint density at radius 3 is 2.50 bits per heavy atom. The van der Waals surface area contributed by atoms with Gasteiger partial charge in [-0.05, 0) is 38.3 Å². The van der Waals surface area contributed by atoms with Gasteiger partial charge in [0.2, 0.25) is 0 Å². The van der Waals surface area contributed by atoms with Gasteiger partial charge in [0.15, 0.2) is 9.84 Å². The maximum atomic E-state index is 12.0. The SMILES string of the molecule is C[C@H](CCN1CCS(=O)(=O)C(C)(C)C1)c1ccccc1. The minimum absolute atomic E-state index is 0.291. The van der Waals surface area contributed by atoms with Gasteiger partial charge < -0.3 is 4.90 Å². The number of benzene rings is 1. The molecule has 3 nitrogen and oxygen atoms in total. The van der Waals surface area contributed by atoms with Crippen LogP contribution in [-0.2, 0) is 9.84 Å². The summed E-state index contributed by atoms with van der Waals surface area (Å²) in [6.45, 7) is 8.21. The zero-order valence-electron chi connectivity index (χ0n) is 12.7. The maximum Gasteiger partial charge on any atom is 0.157 e. The fourth-order valence-electron chi connectivity index (χ4n) is 2.76. The molecule has 0 amide bonds. The zero-order valence-corrected chi connectivity index (χ0v) is 13.5. The molecule has 1 fully saturated rings. The van der Waals surface area contributed by atoms with Crippen LogP contribution in [0.4, 0.5) is 0 Å². The van der Waals surface area contributed by atoms with Crippen molar-refractivity contribution in [1.29, 1.82) is 0 Å². The minimum atomic E-state index is -2.93. The van der Waals surface area contributed by atoms with Gasteiger partial charge in [0.1, 0.15) is 0 Å². The lowest BCUT2D eigenvalue weighted by atomic mass is 9.97. The largest absolute Gasteiger partial charge is 0.301 e. The molecule has 1 aliphatic rings. The Labute approximate surface area is 122 Å². The molecule has 20 heavy (non-hydrogen) atoms. The molecule has 2 rings (SSSR count). The Morgan fingerprint density at radius 2 is 1.90 bits per heavy atom. The van der Waals surface area contributed by atoms with E-state index < -0.39 is 14.6 Å². The van der Waals surface area contributed by atoms with Gasteiger partial charge in [-0.1, -0.05) is 37.3 Å². The minimum Gasteiger partial charge on any atom is -0.301 e. The number of sulfone groups is 1. The number of rotatable bonds is 4. The fourth-order valence-corrected chi connectivity index (χ4v) is 4.19. The molecule has 1 aromatic carbocycles. The van der Waals surface area contributed by atoms with E-state index in [1.54, 1.807) is 0 Å². The molecular formula is C16H25NO2S. The van der Waals surface area contributed by atoms with E-state index in [2.05, 4.69) is 36.1 Å². The number of nitrogens with zero attached hydrogens (tertiary/aromatic N) is 1. The van der Waals surface area contributed by atoms with Gasteiger partial charge in [-0.2, -0.15) is 0 Å². The Hall–Kier alpha value is -0.870. The fraction of sp³-hybridized carbons (Fsp3) is 0.625. The smallest absolute Gasteiger partial charge is 0.157 e. The molecule has 1 aromatic rings. The Morgan fingerprint density at radius 1 is 1.25 bits per heavy atom. The van der Waals surface area contributed by atoms with Crippen LogP contribution in [0.1, 0.15) is 38.7 Å². The molecule has 0 unspecified atom stereocenters. The van der Waals surface area contributed by atoms with Crippen LogP contribution in [0.5, 0.6) is 0 Å². The molecule has 0 radical (unpaired) electrons. The van der Waals surface area contributed by atoms with E-state index >= 15 is 0 Å². The molecule has 0 aromatic heterocycles. The van der Waals surface area contributed by atoms with Crippen molar-refractivity contribution in [3.63, 3.8) is 0 Å². The van der Waals surface area contributed by atoms with E-state index in [-0.39, 0.29) is 0 Å². The third-order valence-corrected chi connectivity index (χ3v) is 6.90. The average Bonchev–Trinajstić information content (AvgIpc) is 2.41. The van der Waals surface area contributed by atoms with Crippen LogP contribution in [0.25, 0.3) is 0 Å². The topological polar surface area (TPSA) is 37.4 Å². The van der Waals surface area contributed by atoms with Crippen LogP contribution in [0.15, 0.2) is 30.3 Å². The molecular weight excluding hydrogens is 270 g/mol. The van der Waals surface area contributed by atoms with Crippen molar-refractivity contribution < 1.29 is 8.42 Å². The zero-order chi connectivity index (χ0) is 14.8. The second-order valence-corrected chi connectivity index (χ2v) is 9.20. The van der Waals surface area contributed by atoms with E-state index in [4.69, 9.17) is 0 Å². The van der Waals surface area contributed by atoms with E-state index in [0.29, 0.717) is 24.8 Å². The molecule has 0 bridgehead atoms. The predicted octanol–water partition coefficient (Wildman–Crippen LogP) is 2.69. The highest BCUT2D eigenvalue weighted by molar-refractivity contribution is 7.92. The third kappa shape index (κ3) is 3.41. The lowest BCUT2D eigenvalue weighted by Gasteiger charge is -2.38. The monoisotopic (exact) mass is 295 g/mol. The van der Waals surface area contributed by atoms with Gasteiger partial charge in [-0.15, -0.1) is 0 Å². The highest BCUT2D eigenvalue weighted by atomic mass is 32.2. The van der Waals surface area contributed by atoms with Crippen LogP contribution in [-0.4, -0.2) is 43.5 Å². The summed E-state index contributed by atoms with van der Waals surface area (Å²) in [6.07, 6.45) is 1.07. The molecule has 0 aliphatic carbocycles. The molecule has 1 aliphatic heterocycles. The van der Waals surface area contributed by atoms with Crippen LogP contribution in [0.3, 0.4) is 0 Å². The van der Waals surface area contributed by atoms with Crippen LogP contribution >= 0.6 is 0 Å². The molecule has 1 heterocycles. The first-order valence-corrected chi connectivity index (χ1v) is 8.97. The number of hydrogen-bond acceptors (Lipinski definition) is 3. The van der Waals surface area contributed by atoms with Crippen molar-refractivity contribution in [2.45, 2.75) is 37.9 Å². The number of hydrogen-bond donors (Lipinski definition) is 0. The lowest BCUT2D eigenvalue weighted by molar-refractivity contribution is 0.242. The molecule has 112 valence electrons. The second kappa shape index (κ2) is 5.86. The van der Waals surface area contributed by atoms with E-state index in [1.165, 1.54) is 5.56 Å². The van der Waals surface area contributed by atoms with Gasteiger partial charge in [-0.25, -0.2) is 8.42 Å². The molecule has 1 atom stereocenters. The van der Waals surface area contributed by atoms with Gasteiger partial charge in [0.25, 0.3) is 0 Å². The summed E-state index contributed by atoms with van der Waals surface area (Å²) < 4.78 is 23.4. The molecule has 0 N–H and O–H groups in total. The summed E-state index contributed by atoms with van der Waals surface area (Å²) in [6, 6.07) is 10.5. The predicted molar refractivity (Wildman–Crippen MR) is 83.8 cm³/mol. The van der Waals surface area contributed by atoms with Crippen molar-refractivity contribution >= 4 is 9.84 Å². The standard InChI is InChI=1S/C16H25NO2S/c1-14(15-7-5-4-6-8-15)9-10-17-11-12-20(18,19)16(2,3)13-17/h4-8,14H,9-13H2,1-3H3/t14-/m1/s1. The third-order valence-electron chi connectivity index (χ3n) is 4.37. The average molecular weight is 295 g/mol. The lowest BCUT2D eigenvalue weighted by Crippen LogP contribution is -2.53.